The molecule has 6 nitrogen and oxygen atoms in total. The van der Waals surface area contributed by atoms with E-state index in [2.05, 4.69) is 15.4 Å². The van der Waals surface area contributed by atoms with E-state index in [4.69, 9.17) is 0 Å². The van der Waals surface area contributed by atoms with E-state index in [1.165, 1.54) is 42.5 Å². The number of anilines is 1. The summed E-state index contributed by atoms with van der Waals surface area (Å²) in [5.74, 6) is -0.750. The molecule has 1 saturated heterocycles. The van der Waals surface area contributed by atoms with Crippen LogP contribution < -0.4 is 15.4 Å². The molecule has 0 bridgehead atoms. The Morgan fingerprint density at radius 3 is 2.46 bits per heavy atom. The number of amides is 1. The number of halogens is 1. The second-order valence-electron chi connectivity index (χ2n) is 6.14. The molecule has 2 aromatic rings. The molecular weight excluding hydrogens is 357 g/mol. The smallest absolute Gasteiger partial charge is 0.261 e. The SMILES string of the molecule is O=C(NC1CCNCC1)c1cccc(S(=O)(=O)Nc2ccc(F)cc2)c1. The lowest BCUT2D eigenvalue weighted by atomic mass is 10.1. The van der Waals surface area contributed by atoms with Crippen molar-refractivity contribution in [3.63, 3.8) is 0 Å². The fourth-order valence-corrected chi connectivity index (χ4v) is 3.88. The van der Waals surface area contributed by atoms with Gasteiger partial charge in [-0.15, -0.1) is 0 Å². The maximum absolute atomic E-state index is 13.0. The number of carbonyl (C=O) groups is 1. The predicted molar refractivity (Wildman–Crippen MR) is 97.0 cm³/mol. The molecule has 138 valence electrons. The van der Waals surface area contributed by atoms with Crippen molar-refractivity contribution in [3.05, 3.63) is 59.9 Å². The molecule has 0 aromatic heterocycles. The van der Waals surface area contributed by atoms with Crippen LogP contribution in [0.4, 0.5) is 10.1 Å². The fourth-order valence-electron chi connectivity index (χ4n) is 2.77. The first-order valence-electron chi connectivity index (χ1n) is 8.34. The van der Waals surface area contributed by atoms with Crippen molar-refractivity contribution in [2.45, 2.75) is 23.8 Å². The van der Waals surface area contributed by atoms with Crippen molar-refractivity contribution >= 4 is 21.6 Å². The van der Waals surface area contributed by atoms with Gasteiger partial charge in [-0.3, -0.25) is 9.52 Å². The third-order valence-electron chi connectivity index (χ3n) is 4.18. The summed E-state index contributed by atoms with van der Waals surface area (Å²) in [7, 11) is -3.88. The third kappa shape index (κ3) is 4.59. The Hall–Kier alpha value is -2.45. The second kappa shape index (κ2) is 7.84. The van der Waals surface area contributed by atoms with E-state index in [1.807, 2.05) is 0 Å². The first kappa shape index (κ1) is 18.3. The molecule has 0 saturated carbocycles. The first-order valence-corrected chi connectivity index (χ1v) is 9.82. The molecule has 0 spiro atoms. The molecule has 1 amide bonds. The minimum Gasteiger partial charge on any atom is -0.349 e. The molecule has 0 aliphatic carbocycles. The first-order chi connectivity index (χ1) is 12.4. The maximum atomic E-state index is 13.0. The van der Waals surface area contributed by atoms with Crippen LogP contribution in [-0.4, -0.2) is 33.5 Å². The van der Waals surface area contributed by atoms with Crippen LogP contribution >= 0.6 is 0 Å². The number of sulfonamides is 1. The zero-order valence-corrected chi connectivity index (χ0v) is 14.9. The Kier molecular flexibility index (Phi) is 5.53. The molecule has 3 N–H and O–H groups in total. The normalized spacial score (nSPS) is 15.4. The highest BCUT2D eigenvalue weighted by atomic mass is 32.2. The average Bonchev–Trinajstić information content (AvgIpc) is 2.64. The van der Waals surface area contributed by atoms with Crippen LogP contribution in [0.15, 0.2) is 53.4 Å². The van der Waals surface area contributed by atoms with Gasteiger partial charge in [0.05, 0.1) is 4.90 Å². The van der Waals surface area contributed by atoms with Gasteiger partial charge >= 0.3 is 0 Å². The van der Waals surface area contributed by atoms with Gasteiger partial charge in [0.2, 0.25) is 0 Å². The van der Waals surface area contributed by atoms with Crippen LogP contribution in [-0.2, 0) is 10.0 Å². The average molecular weight is 377 g/mol. The van der Waals surface area contributed by atoms with E-state index in [-0.39, 0.29) is 28.1 Å². The van der Waals surface area contributed by atoms with Gasteiger partial charge in [-0.2, -0.15) is 0 Å². The lowest BCUT2D eigenvalue weighted by Crippen LogP contribution is -2.42. The van der Waals surface area contributed by atoms with Gasteiger partial charge in [-0.1, -0.05) is 6.07 Å². The van der Waals surface area contributed by atoms with Crippen molar-refractivity contribution < 1.29 is 17.6 Å². The maximum Gasteiger partial charge on any atom is 0.261 e. The third-order valence-corrected chi connectivity index (χ3v) is 5.56. The Balaban J connectivity index is 1.74. The van der Waals surface area contributed by atoms with Gasteiger partial charge in [0.15, 0.2) is 0 Å². The number of piperidine rings is 1. The summed E-state index contributed by atoms with van der Waals surface area (Å²) in [6, 6.07) is 10.9. The van der Waals surface area contributed by atoms with Crippen molar-refractivity contribution in [3.8, 4) is 0 Å². The van der Waals surface area contributed by atoms with Crippen LogP contribution in [0.25, 0.3) is 0 Å². The number of rotatable bonds is 5. The summed E-state index contributed by atoms with van der Waals surface area (Å²) in [5, 5.41) is 6.15. The fraction of sp³-hybridized carbons (Fsp3) is 0.278. The van der Waals surface area contributed by atoms with Gasteiger partial charge in [-0.25, -0.2) is 12.8 Å². The Morgan fingerprint density at radius 1 is 1.08 bits per heavy atom. The summed E-state index contributed by atoms with van der Waals surface area (Å²) in [6.07, 6.45) is 1.69. The second-order valence-corrected chi connectivity index (χ2v) is 7.82. The summed E-state index contributed by atoms with van der Waals surface area (Å²) in [6.45, 7) is 1.70. The molecule has 1 aliphatic rings. The zero-order chi connectivity index (χ0) is 18.6. The van der Waals surface area contributed by atoms with Crippen molar-refractivity contribution in [1.29, 1.82) is 0 Å². The van der Waals surface area contributed by atoms with E-state index >= 15 is 0 Å². The highest BCUT2D eigenvalue weighted by Crippen LogP contribution is 2.18. The molecule has 1 fully saturated rings. The topological polar surface area (TPSA) is 87.3 Å². The van der Waals surface area contributed by atoms with Gasteiger partial charge in [0, 0.05) is 17.3 Å². The summed E-state index contributed by atoms with van der Waals surface area (Å²) < 4.78 is 40.3. The van der Waals surface area contributed by atoms with Crippen LogP contribution in [0.3, 0.4) is 0 Å². The molecule has 3 rings (SSSR count). The van der Waals surface area contributed by atoms with Crippen molar-refractivity contribution in [2.75, 3.05) is 17.8 Å². The zero-order valence-electron chi connectivity index (χ0n) is 14.0. The van der Waals surface area contributed by atoms with Gasteiger partial charge in [-0.05, 0) is 68.4 Å². The summed E-state index contributed by atoms with van der Waals surface area (Å²) in [5.41, 5.74) is 0.529. The van der Waals surface area contributed by atoms with E-state index in [1.54, 1.807) is 6.07 Å². The van der Waals surface area contributed by atoms with Crippen LogP contribution in [0.2, 0.25) is 0 Å². The van der Waals surface area contributed by atoms with Crippen molar-refractivity contribution in [2.24, 2.45) is 0 Å². The monoisotopic (exact) mass is 377 g/mol. The summed E-state index contributed by atoms with van der Waals surface area (Å²) in [4.78, 5) is 12.4. The van der Waals surface area contributed by atoms with Gasteiger partial charge in [0.25, 0.3) is 15.9 Å². The number of carbonyl (C=O) groups excluding carboxylic acids is 1. The highest BCUT2D eigenvalue weighted by Gasteiger charge is 2.19. The molecule has 2 aromatic carbocycles. The van der Waals surface area contributed by atoms with E-state index < -0.39 is 15.8 Å². The number of hydrogen-bond donors (Lipinski definition) is 3. The largest absolute Gasteiger partial charge is 0.349 e. The van der Waals surface area contributed by atoms with Crippen LogP contribution in [0.5, 0.6) is 0 Å². The molecule has 26 heavy (non-hydrogen) atoms. The Morgan fingerprint density at radius 2 is 1.77 bits per heavy atom. The van der Waals surface area contributed by atoms with Gasteiger partial charge < -0.3 is 10.6 Å². The summed E-state index contributed by atoms with van der Waals surface area (Å²) >= 11 is 0. The molecule has 1 heterocycles. The quantitative estimate of drug-likeness (QED) is 0.745. The Bertz CT molecular complexity index is 879. The molecule has 0 atom stereocenters. The van der Waals surface area contributed by atoms with E-state index in [9.17, 15) is 17.6 Å². The molecule has 8 heteroatoms. The lowest BCUT2D eigenvalue weighted by molar-refractivity contribution is 0.0929. The number of benzene rings is 2. The predicted octanol–water partition coefficient (Wildman–Crippen LogP) is 2.11. The van der Waals surface area contributed by atoms with E-state index in [0.29, 0.717) is 0 Å². The van der Waals surface area contributed by atoms with Crippen LogP contribution in [0.1, 0.15) is 23.2 Å². The van der Waals surface area contributed by atoms with Gasteiger partial charge in [0.1, 0.15) is 5.82 Å². The molecule has 1 aliphatic heterocycles. The van der Waals surface area contributed by atoms with Crippen LogP contribution in [0, 0.1) is 5.82 Å². The minimum absolute atomic E-state index is 0.0280. The van der Waals surface area contributed by atoms with E-state index in [0.717, 1.165) is 25.9 Å². The van der Waals surface area contributed by atoms with Crippen molar-refractivity contribution in [1.82, 2.24) is 10.6 Å². The number of nitrogens with one attached hydrogen (secondary N) is 3. The minimum atomic E-state index is -3.88. The molecule has 0 radical (unpaired) electrons. The Labute approximate surface area is 151 Å². The lowest BCUT2D eigenvalue weighted by Gasteiger charge is -2.23. The standard InChI is InChI=1S/C18H20FN3O3S/c19-14-4-6-16(7-5-14)22-26(24,25)17-3-1-2-13(12-17)18(23)21-15-8-10-20-11-9-15/h1-7,12,15,20,22H,8-11H2,(H,21,23). The number of hydrogen-bond acceptors (Lipinski definition) is 4. The molecule has 0 unspecified atom stereocenters. The highest BCUT2D eigenvalue weighted by molar-refractivity contribution is 7.92. The molecular formula is C18H20FN3O3S.